The van der Waals surface area contributed by atoms with Crippen molar-refractivity contribution < 1.29 is 4.79 Å². The van der Waals surface area contributed by atoms with Crippen LogP contribution in [0.2, 0.25) is 0 Å². The lowest BCUT2D eigenvalue weighted by Gasteiger charge is -2.23. The summed E-state index contributed by atoms with van der Waals surface area (Å²) in [7, 11) is 0. The molecule has 0 saturated heterocycles. The van der Waals surface area contributed by atoms with Crippen molar-refractivity contribution in [2.45, 2.75) is 52.0 Å². The van der Waals surface area contributed by atoms with Crippen molar-refractivity contribution in [2.24, 2.45) is 5.92 Å². The zero-order valence-corrected chi connectivity index (χ0v) is 12.9. The van der Waals surface area contributed by atoms with E-state index in [4.69, 9.17) is 0 Å². The molecule has 0 bridgehead atoms. The van der Waals surface area contributed by atoms with Crippen LogP contribution in [0.25, 0.3) is 0 Å². The largest absolute Gasteiger partial charge is 0.354 e. The van der Waals surface area contributed by atoms with Crippen LogP contribution in [-0.2, 0) is 4.79 Å². The Bertz CT molecular complexity index is 411. The molecule has 1 amide bonds. The van der Waals surface area contributed by atoms with Crippen LogP contribution in [0.4, 0.5) is 0 Å². The van der Waals surface area contributed by atoms with E-state index in [9.17, 15) is 4.79 Å². The topological polar surface area (TPSA) is 29.1 Å². The minimum atomic E-state index is 0.0718. The molecule has 0 saturated carbocycles. The quantitative estimate of drug-likeness (QED) is 0.703. The lowest BCUT2D eigenvalue weighted by molar-refractivity contribution is -0.125. The van der Waals surface area contributed by atoms with Gasteiger partial charge in [0.1, 0.15) is 0 Å². The molecule has 0 spiro atoms. The van der Waals surface area contributed by atoms with Gasteiger partial charge in [-0.1, -0.05) is 43.3 Å². The molecule has 0 aromatic heterocycles. The number of carbonyl (C=O) groups excluding carboxylic acids is 1. The van der Waals surface area contributed by atoms with Crippen LogP contribution in [0.1, 0.15) is 51.5 Å². The van der Waals surface area contributed by atoms with E-state index in [0.717, 1.165) is 19.3 Å². The monoisotopic (exact) mass is 273 g/mol. The molecule has 2 heteroatoms. The lowest BCUT2D eigenvalue weighted by Crippen LogP contribution is -2.36. The zero-order valence-electron chi connectivity index (χ0n) is 12.9. The third kappa shape index (κ3) is 5.20. The first-order valence-electron chi connectivity index (χ1n) is 7.54. The summed E-state index contributed by atoms with van der Waals surface area (Å²) < 4.78 is 0. The van der Waals surface area contributed by atoms with Gasteiger partial charge in [-0.05, 0) is 44.6 Å². The van der Waals surface area contributed by atoms with Gasteiger partial charge in [-0.2, -0.15) is 0 Å². The molecule has 1 rings (SSSR count). The van der Waals surface area contributed by atoms with Crippen molar-refractivity contribution in [1.82, 2.24) is 5.32 Å². The minimum Gasteiger partial charge on any atom is -0.354 e. The molecule has 0 aliphatic rings. The highest BCUT2D eigenvalue weighted by Gasteiger charge is 2.22. The lowest BCUT2D eigenvalue weighted by atomic mass is 9.85. The predicted molar refractivity (Wildman–Crippen MR) is 85.7 cm³/mol. The van der Waals surface area contributed by atoms with Gasteiger partial charge in [0, 0.05) is 12.0 Å². The summed E-state index contributed by atoms with van der Waals surface area (Å²) in [6, 6.07) is 10.6. The molecular formula is C18H27NO. The molecule has 2 unspecified atom stereocenters. The van der Waals surface area contributed by atoms with E-state index in [1.807, 2.05) is 26.0 Å². The molecule has 110 valence electrons. The van der Waals surface area contributed by atoms with Crippen LogP contribution in [-0.4, -0.2) is 11.9 Å². The smallest absolute Gasteiger partial charge is 0.223 e. The van der Waals surface area contributed by atoms with E-state index in [1.165, 1.54) is 5.56 Å². The van der Waals surface area contributed by atoms with Crippen LogP contribution >= 0.6 is 0 Å². The zero-order chi connectivity index (χ0) is 15.0. The van der Waals surface area contributed by atoms with E-state index >= 15 is 0 Å². The number of nitrogens with one attached hydrogen (secondary N) is 1. The standard InChI is InChI=1S/C18H27NO/c1-5-10-17(16-11-8-7-9-12-16)13-15(6-2)18(20)19-14(3)4/h5,7-9,11-12,14-15,17H,1,6,10,13H2,2-4H3,(H,19,20). The second-order valence-electron chi connectivity index (χ2n) is 5.64. The van der Waals surface area contributed by atoms with Gasteiger partial charge in [0.05, 0.1) is 0 Å². The molecule has 1 N–H and O–H groups in total. The van der Waals surface area contributed by atoms with Crippen LogP contribution in [0.5, 0.6) is 0 Å². The Morgan fingerprint density at radius 1 is 1.30 bits per heavy atom. The van der Waals surface area contributed by atoms with Gasteiger partial charge in [-0.25, -0.2) is 0 Å². The first kappa shape index (κ1) is 16.5. The van der Waals surface area contributed by atoms with Crippen LogP contribution < -0.4 is 5.32 Å². The van der Waals surface area contributed by atoms with Crippen molar-refractivity contribution >= 4 is 5.91 Å². The minimum absolute atomic E-state index is 0.0718. The number of hydrogen-bond donors (Lipinski definition) is 1. The van der Waals surface area contributed by atoms with Gasteiger partial charge in [0.15, 0.2) is 0 Å². The summed E-state index contributed by atoms with van der Waals surface area (Å²) in [6.07, 6.45) is 4.62. The van der Waals surface area contributed by atoms with Gasteiger partial charge in [0.25, 0.3) is 0 Å². The van der Waals surface area contributed by atoms with Crippen LogP contribution in [0.15, 0.2) is 43.0 Å². The van der Waals surface area contributed by atoms with Crippen molar-refractivity contribution in [3.8, 4) is 0 Å². The summed E-state index contributed by atoms with van der Waals surface area (Å²) in [6.45, 7) is 9.94. The van der Waals surface area contributed by atoms with Crippen molar-refractivity contribution in [2.75, 3.05) is 0 Å². The van der Waals surface area contributed by atoms with E-state index < -0.39 is 0 Å². The summed E-state index contributed by atoms with van der Waals surface area (Å²) in [5, 5.41) is 3.03. The van der Waals surface area contributed by atoms with E-state index in [2.05, 4.69) is 43.1 Å². The number of benzene rings is 1. The predicted octanol–water partition coefficient (Wildman–Crippen LogP) is 4.29. The fourth-order valence-corrected chi connectivity index (χ4v) is 2.50. The Kier molecular flexibility index (Phi) is 7.06. The van der Waals surface area contributed by atoms with Gasteiger partial charge in [0.2, 0.25) is 5.91 Å². The van der Waals surface area contributed by atoms with Gasteiger partial charge >= 0.3 is 0 Å². The molecule has 1 aromatic carbocycles. The number of hydrogen-bond acceptors (Lipinski definition) is 1. The number of amides is 1. The van der Waals surface area contributed by atoms with Crippen LogP contribution in [0.3, 0.4) is 0 Å². The van der Waals surface area contributed by atoms with Gasteiger partial charge < -0.3 is 5.32 Å². The highest BCUT2D eigenvalue weighted by molar-refractivity contribution is 5.78. The second kappa shape index (κ2) is 8.57. The molecule has 2 atom stereocenters. The summed E-state index contributed by atoms with van der Waals surface area (Å²) in [4.78, 5) is 12.2. The van der Waals surface area contributed by atoms with Crippen molar-refractivity contribution in [1.29, 1.82) is 0 Å². The Balaban J connectivity index is 2.77. The van der Waals surface area contributed by atoms with Crippen molar-refractivity contribution in [3.63, 3.8) is 0 Å². The first-order chi connectivity index (χ1) is 9.58. The summed E-state index contributed by atoms with van der Waals surface area (Å²) >= 11 is 0. The van der Waals surface area contributed by atoms with Gasteiger partial charge in [-0.15, -0.1) is 6.58 Å². The molecule has 1 aromatic rings. The molecule has 20 heavy (non-hydrogen) atoms. The molecule has 0 aliphatic heterocycles. The third-order valence-corrected chi connectivity index (χ3v) is 3.59. The summed E-state index contributed by atoms with van der Waals surface area (Å²) in [5.74, 6) is 0.617. The maximum atomic E-state index is 12.2. The highest BCUT2D eigenvalue weighted by Crippen LogP contribution is 2.29. The van der Waals surface area contributed by atoms with E-state index in [1.54, 1.807) is 0 Å². The molecule has 0 radical (unpaired) electrons. The molecular weight excluding hydrogens is 246 g/mol. The fraction of sp³-hybridized carbons (Fsp3) is 0.500. The average Bonchev–Trinajstić information content (AvgIpc) is 2.43. The summed E-state index contributed by atoms with van der Waals surface area (Å²) in [5.41, 5.74) is 1.29. The Morgan fingerprint density at radius 2 is 1.95 bits per heavy atom. The molecule has 0 heterocycles. The first-order valence-corrected chi connectivity index (χ1v) is 7.54. The number of carbonyl (C=O) groups is 1. The fourth-order valence-electron chi connectivity index (χ4n) is 2.50. The Labute approximate surface area is 123 Å². The highest BCUT2D eigenvalue weighted by atomic mass is 16.1. The SMILES string of the molecule is C=CCC(CC(CC)C(=O)NC(C)C)c1ccccc1. The van der Waals surface area contributed by atoms with E-state index in [0.29, 0.717) is 5.92 Å². The third-order valence-electron chi connectivity index (χ3n) is 3.59. The van der Waals surface area contributed by atoms with Gasteiger partial charge in [-0.3, -0.25) is 4.79 Å². The maximum Gasteiger partial charge on any atom is 0.223 e. The second-order valence-corrected chi connectivity index (χ2v) is 5.64. The average molecular weight is 273 g/mol. The van der Waals surface area contributed by atoms with E-state index in [-0.39, 0.29) is 17.9 Å². The molecule has 0 aliphatic carbocycles. The Hall–Kier alpha value is -1.57. The molecule has 2 nitrogen and oxygen atoms in total. The molecule has 0 fully saturated rings. The van der Waals surface area contributed by atoms with Crippen molar-refractivity contribution in [3.05, 3.63) is 48.6 Å². The number of allylic oxidation sites excluding steroid dienone is 1. The Morgan fingerprint density at radius 3 is 2.45 bits per heavy atom. The number of rotatable bonds is 8. The maximum absolute atomic E-state index is 12.2. The van der Waals surface area contributed by atoms with Crippen LogP contribution in [0, 0.1) is 5.92 Å². The normalized spacial score (nSPS) is 13.8.